The van der Waals surface area contributed by atoms with Gasteiger partial charge in [-0.1, -0.05) is 42.0 Å². The fourth-order valence-electron chi connectivity index (χ4n) is 3.51. The van der Waals surface area contributed by atoms with Crippen molar-refractivity contribution < 1.29 is 0 Å². The number of halogens is 1. The van der Waals surface area contributed by atoms with E-state index in [-0.39, 0.29) is 0 Å². The molecule has 1 N–H and O–H groups in total. The first-order valence-corrected chi connectivity index (χ1v) is 7.39. The zero-order valence-corrected chi connectivity index (χ0v) is 11.8. The highest BCUT2D eigenvalue weighted by atomic mass is 35.5. The standard InChI is InChI=1S/C18H15ClN/c19-13-6-3-5-12(11-13)18-16-9-4-8-14(16)15-7-1-2-10-17(15)20-18/h2-8,10-11,14,16,18,20H,9H2. The third-order valence-electron chi connectivity index (χ3n) is 4.42. The second kappa shape index (κ2) is 4.68. The summed E-state index contributed by atoms with van der Waals surface area (Å²) in [5, 5.41) is 4.50. The number of rotatable bonds is 1. The molecular weight excluding hydrogens is 266 g/mol. The lowest BCUT2D eigenvalue weighted by Gasteiger charge is -2.37. The first-order valence-electron chi connectivity index (χ1n) is 7.01. The van der Waals surface area contributed by atoms with Gasteiger partial charge in [-0.25, -0.2) is 0 Å². The second-order valence-corrected chi connectivity index (χ2v) is 5.98. The van der Waals surface area contributed by atoms with Crippen LogP contribution in [0.5, 0.6) is 0 Å². The Balaban J connectivity index is 1.80. The van der Waals surface area contributed by atoms with E-state index in [1.54, 1.807) is 0 Å². The molecule has 0 amide bonds. The monoisotopic (exact) mass is 280 g/mol. The first-order chi connectivity index (χ1) is 9.83. The predicted molar refractivity (Wildman–Crippen MR) is 83.1 cm³/mol. The number of anilines is 1. The van der Waals surface area contributed by atoms with Gasteiger partial charge in [0.05, 0.1) is 6.04 Å². The molecule has 3 atom stereocenters. The van der Waals surface area contributed by atoms with E-state index in [2.05, 4.69) is 47.8 Å². The molecule has 1 aliphatic carbocycles. The predicted octanol–water partition coefficient (Wildman–Crippen LogP) is 4.97. The molecule has 0 saturated heterocycles. The van der Waals surface area contributed by atoms with Crippen molar-refractivity contribution in [2.45, 2.75) is 18.4 Å². The molecule has 0 fully saturated rings. The third kappa shape index (κ3) is 1.85. The van der Waals surface area contributed by atoms with Crippen LogP contribution in [0, 0.1) is 12.0 Å². The summed E-state index contributed by atoms with van der Waals surface area (Å²) in [6.45, 7) is 0. The van der Waals surface area contributed by atoms with E-state index in [0.717, 1.165) is 11.4 Å². The molecule has 2 aromatic rings. The van der Waals surface area contributed by atoms with E-state index in [1.165, 1.54) is 16.8 Å². The maximum Gasteiger partial charge on any atom is 0.0554 e. The maximum atomic E-state index is 6.16. The van der Waals surface area contributed by atoms with Crippen molar-refractivity contribution in [1.29, 1.82) is 0 Å². The largest absolute Gasteiger partial charge is 0.378 e. The van der Waals surface area contributed by atoms with Gasteiger partial charge in [0.25, 0.3) is 0 Å². The summed E-state index contributed by atoms with van der Waals surface area (Å²) < 4.78 is 0. The Labute approximate surface area is 124 Å². The minimum Gasteiger partial charge on any atom is -0.378 e. The number of nitrogens with one attached hydrogen (secondary N) is 1. The Morgan fingerprint density at radius 3 is 3.10 bits per heavy atom. The number of allylic oxidation sites excluding steroid dienone is 2. The van der Waals surface area contributed by atoms with Crippen LogP contribution in [-0.2, 0) is 0 Å². The van der Waals surface area contributed by atoms with Gasteiger partial charge in [-0.05, 0) is 53.8 Å². The molecule has 20 heavy (non-hydrogen) atoms. The van der Waals surface area contributed by atoms with Crippen molar-refractivity contribution >= 4 is 17.3 Å². The summed E-state index contributed by atoms with van der Waals surface area (Å²) in [6.07, 6.45) is 5.76. The highest BCUT2D eigenvalue weighted by Crippen LogP contribution is 2.49. The first kappa shape index (κ1) is 12.0. The molecule has 1 heterocycles. The van der Waals surface area contributed by atoms with Crippen LogP contribution < -0.4 is 5.32 Å². The number of benzene rings is 2. The van der Waals surface area contributed by atoms with E-state index in [9.17, 15) is 0 Å². The van der Waals surface area contributed by atoms with Crippen molar-refractivity contribution in [3.8, 4) is 0 Å². The molecular formula is C18H15ClN. The molecule has 0 aromatic heterocycles. The Kier molecular flexibility index (Phi) is 2.82. The fraction of sp³-hybridized carbons (Fsp3) is 0.222. The average molecular weight is 281 g/mol. The lowest BCUT2D eigenvalue weighted by atomic mass is 9.77. The fourth-order valence-corrected chi connectivity index (χ4v) is 3.70. The zero-order chi connectivity index (χ0) is 13.5. The molecule has 1 nitrogen and oxygen atoms in total. The van der Waals surface area contributed by atoms with E-state index >= 15 is 0 Å². The van der Waals surface area contributed by atoms with Crippen LogP contribution in [0.3, 0.4) is 0 Å². The van der Waals surface area contributed by atoms with E-state index in [4.69, 9.17) is 11.6 Å². The van der Waals surface area contributed by atoms with Crippen LogP contribution in [0.25, 0.3) is 0 Å². The summed E-state index contributed by atoms with van der Waals surface area (Å²) in [6, 6.07) is 17.9. The summed E-state index contributed by atoms with van der Waals surface area (Å²) in [5.74, 6) is 1.06. The minimum atomic E-state index is 0.323. The minimum absolute atomic E-state index is 0.323. The van der Waals surface area contributed by atoms with Gasteiger partial charge >= 0.3 is 0 Å². The highest BCUT2D eigenvalue weighted by Gasteiger charge is 2.37. The van der Waals surface area contributed by atoms with Crippen molar-refractivity contribution in [3.63, 3.8) is 0 Å². The molecule has 0 bridgehead atoms. The highest BCUT2D eigenvalue weighted by molar-refractivity contribution is 6.30. The molecule has 2 aliphatic rings. The Morgan fingerprint density at radius 2 is 2.20 bits per heavy atom. The molecule has 2 aromatic carbocycles. The van der Waals surface area contributed by atoms with E-state index in [0.29, 0.717) is 17.9 Å². The van der Waals surface area contributed by atoms with Gasteiger partial charge in [-0.2, -0.15) is 0 Å². The molecule has 2 heteroatoms. The quantitative estimate of drug-likeness (QED) is 0.728. The summed E-state index contributed by atoms with van der Waals surface area (Å²) in [7, 11) is 0. The van der Waals surface area contributed by atoms with Crippen LogP contribution in [-0.4, -0.2) is 0 Å². The van der Waals surface area contributed by atoms with Crippen LogP contribution in [0.4, 0.5) is 5.69 Å². The van der Waals surface area contributed by atoms with Gasteiger partial charge in [-0.15, -0.1) is 0 Å². The SMILES string of the molecule is Clc1cccc(C2Nc3cc[c]cc3C3C=CCC32)c1. The Bertz CT molecular complexity index is 677. The molecule has 4 rings (SSSR count). The molecule has 1 radical (unpaired) electrons. The lowest BCUT2D eigenvalue weighted by molar-refractivity contribution is 0.425. The van der Waals surface area contributed by atoms with Crippen LogP contribution in [0.15, 0.2) is 54.6 Å². The Hall–Kier alpha value is -1.73. The van der Waals surface area contributed by atoms with Crippen LogP contribution >= 0.6 is 11.6 Å². The smallest absolute Gasteiger partial charge is 0.0554 e. The van der Waals surface area contributed by atoms with Crippen molar-refractivity contribution in [2.24, 2.45) is 5.92 Å². The van der Waals surface area contributed by atoms with Gasteiger partial charge in [0.1, 0.15) is 0 Å². The van der Waals surface area contributed by atoms with Crippen LogP contribution in [0.2, 0.25) is 5.02 Å². The van der Waals surface area contributed by atoms with Crippen molar-refractivity contribution in [3.05, 3.63) is 76.8 Å². The van der Waals surface area contributed by atoms with Crippen molar-refractivity contribution in [2.75, 3.05) is 5.32 Å². The third-order valence-corrected chi connectivity index (χ3v) is 4.65. The summed E-state index contributed by atoms with van der Waals surface area (Å²) >= 11 is 6.16. The average Bonchev–Trinajstić information content (AvgIpc) is 2.96. The summed E-state index contributed by atoms with van der Waals surface area (Å²) in [4.78, 5) is 0. The zero-order valence-electron chi connectivity index (χ0n) is 11.0. The van der Waals surface area contributed by atoms with Gasteiger partial charge in [-0.3, -0.25) is 0 Å². The second-order valence-electron chi connectivity index (χ2n) is 5.54. The number of hydrogen-bond donors (Lipinski definition) is 1. The molecule has 0 saturated carbocycles. The van der Waals surface area contributed by atoms with Crippen molar-refractivity contribution in [1.82, 2.24) is 0 Å². The Morgan fingerprint density at radius 1 is 1.25 bits per heavy atom. The van der Waals surface area contributed by atoms with Gasteiger partial charge < -0.3 is 5.32 Å². The van der Waals surface area contributed by atoms with Gasteiger partial charge in [0.2, 0.25) is 0 Å². The summed E-state index contributed by atoms with van der Waals surface area (Å²) in [5.41, 5.74) is 3.86. The van der Waals surface area contributed by atoms with Gasteiger partial charge in [0.15, 0.2) is 0 Å². The maximum absolute atomic E-state index is 6.16. The van der Waals surface area contributed by atoms with Gasteiger partial charge in [0, 0.05) is 16.6 Å². The van der Waals surface area contributed by atoms with Crippen LogP contribution in [0.1, 0.15) is 29.5 Å². The lowest BCUT2D eigenvalue weighted by Crippen LogP contribution is -2.28. The van der Waals surface area contributed by atoms with E-state index in [1.807, 2.05) is 18.2 Å². The molecule has 0 spiro atoms. The number of fused-ring (bicyclic) bond motifs is 3. The normalized spacial score (nSPS) is 26.8. The number of hydrogen-bond acceptors (Lipinski definition) is 1. The molecule has 3 unspecified atom stereocenters. The molecule has 1 aliphatic heterocycles. The molecule has 99 valence electrons. The topological polar surface area (TPSA) is 12.0 Å². The van der Waals surface area contributed by atoms with E-state index < -0.39 is 0 Å².